The minimum atomic E-state index is -0.773. The Kier molecular flexibility index (Phi) is 6.55. The number of amidine groups is 1. The Morgan fingerprint density at radius 3 is 2.72 bits per heavy atom. The van der Waals surface area contributed by atoms with Gasteiger partial charge in [0.25, 0.3) is 0 Å². The Bertz CT molecular complexity index is 980. The van der Waals surface area contributed by atoms with Crippen LogP contribution in [0.1, 0.15) is 12.0 Å². The van der Waals surface area contributed by atoms with Crippen LogP contribution in [0.25, 0.3) is 0 Å². The number of thioether (sulfide) groups is 1. The largest absolute Gasteiger partial charge is 0.497 e. The highest BCUT2D eigenvalue weighted by Crippen LogP contribution is 2.23. The van der Waals surface area contributed by atoms with E-state index in [1.807, 2.05) is 0 Å². The summed E-state index contributed by atoms with van der Waals surface area (Å²) in [5, 5.41) is 12.2. The maximum absolute atomic E-state index is 13.5. The van der Waals surface area contributed by atoms with Gasteiger partial charge in [-0.15, -0.1) is 5.10 Å². The van der Waals surface area contributed by atoms with Gasteiger partial charge >= 0.3 is 0 Å². The molecule has 150 valence electrons. The van der Waals surface area contributed by atoms with Gasteiger partial charge in [-0.1, -0.05) is 11.8 Å². The molecule has 0 saturated carbocycles. The van der Waals surface area contributed by atoms with Crippen molar-refractivity contribution in [2.45, 2.75) is 11.7 Å². The molecule has 0 spiro atoms. The van der Waals surface area contributed by atoms with Crippen LogP contribution in [0.2, 0.25) is 0 Å². The van der Waals surface area contributed by atoms with E-state index in [1.54, 1.807) is 31.4 Å². The van der Waals surface area contributed by atoms with Gasteiger partial charge in [0.05, 0.1) is 13.3 Å². The first kappa shape index (κ1) is 20.5. The number of ether oxygens (including phenoxy) is 1. The van der Waals surface area contributed by atoms with Crippen molar-refractivity contribution in [1.29, 1.82) is 0 Å². The molecule has 10 heteroatoms. The van der Waals surface area contributed by atoms with Gasteiger partial charge in [-0.2, -0.15) is 5.10 Å². The van der Waals surface area contributed by atoms with Crippen LogP contribution in [0, 0.1) is 11.6 Å². The lowest BCUT2D eigenvalue weighted by Crippen LogP contribution is -2.28. The third kappa shape index (κ3) is 5.61. The van der Waals surface area contributed by atoms with Gasteiger partial charge < -0.3 is 15.4 Å². The summed E-state index contributed by atoms with van der Waals surface area (Å²) in [6.45, 7) is 0. The van der Waals surface area contributed by atoms with Crippen LogP contribution in [0.15, 0.2) is 52.7 Å². The number of methoxy groups -OCH3 is 1. The molecule has 0 aliphatic carbocycles. The summed E-state index contributed by atoms with van der Waals surface area (Å²) in [6.07, 6.45) is 1.05. The van der Waals surface area contributed by atoms with E-state index in [1.165, 1.54) is 6.07 Å². The van der Waals surface area contributed by atoms with Gasteiger partial charge in [-0.25, -0.2) is 8.78 Å². The quantitative estimate of drug-likeness (QED) is 0.557. The number of amides is 2. The highest BCUT2D eigenvalue weighted by Gasteiger charge is 2.32. The molecule has 29 heavy (non-hydrogen) atoms. The molecule has 3 rings (SSSR count). The number of anilines is 1. The fourth-order valence-electron chi connectivity index (χ4n) is 2.39. The van der Waals surface area contributed by atoms with E-state index in [2.05, 4.69) is 20.8 Å². The van der Waals surface area contributed by atoms with E-state index in [0.29, 0.717) is 11.4 Å². The predicted molar refractivity (Wildman–Crippen MR) is 107 cm³/mol. The van der Waals surface area contributed by atoms with Gasteiger partial charge in [0.15, 0.2) is 5.17 Å². The van der Waals surface area contributed by atoms with Gasteiger partial charge in [0, 0.05) is 23.7 Å². The Morgan fingerprint density at radius 1 is 1.28 bits per heavy atom. The maximum Gasteiger partial charge on any atom is 0.240 e. The lowest BCUT2D eigenvalue weighted by atomic mass is 10.2. The second-order valence-corrected chi connectivity index (χ2v) is 7.08. The molecular weight excluding hydrogens is 402 g/mol. The number of rotatable bonds is 6. The zero-order valence-electron chi connectivity index (χ0n) is 15.2. The summed E-state index contributed by atoms with van der Waals surface area (Å²) in [6, 6.07) is 9.85. The van der Waals surface area contributed by atoms with E-state index in [9.17, 15) is 18.4 Å². The Balaban J connectivity index is 1.55. The van der Waals surface area contributed by atoms with Crippen LogP contribution in [0.5, 0.6) is 5.75 Å². The number of carbonyl (C=O) groups excluding carboxylic acids is 2. The van der Waals surface area contributed by atoms with Crippen molar-refractivity contribution in [1.82, 2.24) is 5.32 Å². The first-order chi connectivity index (χ1) is 13.9. The number of hydrogen-bond donors (Lipinski definition) is 2. The van der Waals surface area contributed by atoms with Crippen molar-refractivity contribution in [3.05, 3.63) is 59.7 Å². The van der Waals surface area contributed by atoms with Crippen LogP contribution < -0.4 is 15.4 Å². The molecule has 1 heterocycles. The SMILES string of the molecule is COc1ccc(NC(=O)C[C@@H]2S/C(=N/N=C\c3ccc(F)cc3F)NC2=O)cc1. The fraction of sp³-hybridized carbons (Fsp3) is 0.158. The van der Waals surface area contributed by atoms with E-state index in [-0.39, 0.29) is 29.0 Å². The summed E-state index contributed by atoms with van der Waals surface area (Å²) in [4.78, 5) is 24.2. The predicted octanol–water partition coefficient (Wildman–Crippen LogP) is 2.92. The third-order valence-electron chi connectivity index (χ3n) is 3.83. The van der Waals surface area contributed by atoms with Crippen LogP contribution in [-0.4, -0.2) is 35.6 Å². The van der Waals surface area contributed by atoms with Crippen molar-refractivity contribution in [2.24, 2.45) is 10.2 Å². The molecule has 1 fully saturated rings. The molecule has 1 aliphatic heterocycles. The van der Waals surface area contributed by atoms with Gasteiger partial charge in [-0.3, -0.25) is 9.59 Å². The Hall–Kier alpha value is -3.27. The van der Waals surface area contributed by atoms with Crippen molar-refractivity contribution in [2.75, 3.05) is 12.4 Å². The number of halogens is 2. The van der Waals surface area contributed by atoms with Crippen LogP contribution in [0.3, 0.4) is 0 Å². The topological polar surface area (TPSA) is 92.2 Å². The minimum absolute atomic E-state index is 0.0560. The maximum atomic E-state index is 13.5. The second kappa shape index (κ2) is 9.28. The Labute approximate surface area is 169 Å². The normalized spacial score (nSPS) is 17.6. The zero-order chi connectivity index (χ0) is 20.8. The lowest BCUT2D eigenvalue weighted by Gasteiger charge is -2.08. The molecule has 0 unspecified atom stereocenters. The Morgan fingerprint density at radius 2 is 2.03 bits per heavy atom. The monoisotopic (exact) mass is 418 g/mol. The molecule has 0 radical (unpaired) electrons. The van der Waals surface area contributed by atoms with Crippen molar-refractivity contribution in [3.63, 3.8) is 0 Å². The lowest BCUT2D eigenvalue weighted by molar-refractivity contribution is -0.122. The highest BCUT2D eigenvalue weighted by atomic mass is 32.2. The van der Waals surface area contributed by atoms with Crippen LogP contribution in [-0.2, 0) is 9.59 Å². The molecule has 2 aromatic carbocycles. The van der Waals surface area contributed by atoms with Crippen molar-refractivity contribution < 1.29 is 23.1 Å². The number of carbonyl (C=O) groups is 2. The zero-order valence-corrected chi connectivity index (χ0v) is 16.0. The molecule has 1 saturated heterocycles. The standard InChI is InChI=1S/C19H16F2N4O3S/c1-28-14-6-4-13(5-7-14)23-17(26)9-16-18(27)24-19(29-16)25-22-10-11-2-3-12(20)8-15(11)21/h2-8,10,16H,9H2,1H3,(H,23,26)(H,24,25,27)/b22-10-/t16-/m0/s1. The number of nitrogens with one attached hydrogen (secondary N) is 2. The van der Waals surface area contributed by atoms with Gasteiger partial charge in [-0.05, 0) is 36.4 Å². The second-order valence-electron chi connectivity index (χ2n) is 5.89. The first-order valence-electron chi connectivity index (χ1n) is 8.42. The van der Waals surface area contributed by atoms with E-state index in [4.69, 9.17) is 4.74 Å². The van der Waals surface area contributed by atoms with E-state index >= 15 is 0 Å². The van der Waals surface area contributed by atoms with Gasteiger partial charge in [0.2, 0.25) is 11.8 Å². The molecule has 0 aromatic heterocycles. The summed E-state index contributed by atoms with van der Waals surface area (Å²) < 4.78 is 31.5. The molecular formula is C19H16F2N4O3S. The molecule has 1 atom stereocenters. The van der Waals surface area contributed by atoms with Crippen molar-refractivity contribution >= 4 is 40.6 Å². The summed E-state index contributed by atoms with van der Waals surface area (Å²) >= 11 is 1.05. The van der Waals surface area contributed by atoms with Crippen LogP contribution >= 0.6 is 11.8 Å². The van der Waals surface area contributed by atoms with E-state index < -0.39 is 16.9 Å². The third-order valence-corrected chi connectivity index (χ3v) is 4.90. The smallest absolute Gasteiger partial charge is 0.240 e. The number of hydrogen-bond acceptors (Lipinski definition) is 6. The summed E-state index contributed by atoms with van der Waals surface area (Å²) in [5.74, 6) is -1.51. The molecule has 0 bridgehead atoms. The molecule has 7 nitrogen and oxygen atoms in total. The van der Waals surface area contributed by atoms with Crippen LogP contribution in [0.4, 0.5) is 14.5 Å². The fourth-order valence-corrected chi connectivity index (χ4v) is 3.31. The number of nitrogens with zero attached hydrogens (tertiary/aromatic N) is 2. The molecule has 2 aromatic rings. The first-order valence-corrected chi connectivity index (χ1v) is 9.30. The van der Waals surface area contributed by atoms with Crippen molar-refractivity contribution in [3.8, 4) is 5.75 Å². The summed E-state index contributed by atoms with van der Waals surface area (Å²) in [5.41, 5.74) is 0.638. The molecule has 2 amide bonds. The van der Waals surface area contributed by atoms with Gasteiger partial charge in [0.1, 0.15) is 22.6 Å². The number of benzene rings is 2. The average Bonchev–Trinajstić information content (AvgIpc) is 3.03. The molecule has 2 N–H and O–H groups in total. The van der Waals surface area contributed by atoms with E-state index in [0.717, 1.165) is 30.1 Å². The summed E-state index contributed by atoms with van der Waals surface area (Å²) in [7, 11) is 1.54. The molecule has 1 aliphatic rings. The minimum Gasteiger partial charge on any atom is -0.497 e. The highest BCUT2D eigenvalue weighted by molar-refractivity contribution is 8.15. The average molecular weight is 418 g/mol.